The molecule has 23 heavy (non-hydrogen) atoms. The van der Waals surface area contributed by atoms with E-state index in [-0.39, 0.29) is 29.7 Å². The molecule has 1 aromatic rings. The monoisotopic (exact) mass is 317 g/mol. The van der Waals surface area contributed by atoms with Crippen molar-refractivity contribution in [2.45, 2.75) is 38.6 Å². The molecule has 6 heteroatoms. The van der Waals surface area contributed by atoms with Gasteiger partial charge in [0.25, 0.3) is 0 Å². The molecule has 124 valence electrons. The molecule has 0 spiro atoms. The molecular formula is C17H23N3O3. The number of hydrogen-bond acceptors (Lipinski definition) is 3. The fourth-order valence-corrected chi connectivity index (χ4v) is 2.87. The molecule has 0 bridgehead atoms. The summed E-state index contributed by atoms with van der Waals surface area (Å²) >= 11 is 0. The van der Waals surface area contributed by atoms with E-state index in [1.54, 1.807) is 31.3 Å². The maximum atomic E-state index is 12.0. The normalized spacial score (nSPS) is 20.4. The van der Waals surface area contributed by atoms with Crippen LogP contribution in [0.2, 0.25) is 0 Å². The van der Waals surface area contributed by atoms with Gasteiger partial charge < -0.3 is 16.0 Å². The van der Waals surface area contributed by atoms with Crippen LogP contribution in [-0.2, 0) is 4.79 Å². The Morgan fingerprint density at radius 3 is 2.39 bits per heavy atom. The average Bonchev–Trinajstić information content (AvgIpc) is 2.55. The summed E-state index contributed by atoms with van der Waals surface area (Å²) in [6.45, 7) is 1.49. The van der Waals surface area contributed by atoms with Gasteiger partial charge >= 0.3 is 6.03 Å². The second-order valence-corrected chi connectivity index (χ2v) is 5.90. The highest BCUT2D eigenvalue weighted by molar-refractivity contribution is 5.96. The van der Waals surface area contributed by atoms with Crippen molar-refractivity contribution >= 4 is 23.4 Å². The fourth-order valence-electron chi connectivity index (χ4n) is 2.87. The first kappa shape index (κ1) is 17.0. The molecule has 3 amide bonds. The molecule has 0 saturated heterocycles. The Hall–Kier alpha value is -2.37. The highest BCUT2D eigenvalue weighted by Gasteiger charge is 2.26. The summed E-state index contributed by atoms with van der Waals surface area (Å²) in [6, 6.07) is 6.65. The summed E-state index contributed by atoms with van der Waals surface area (Å²) in [7, 11) is 1.65. The summed E-state index contributed by atoms with van der Waals surface area (Å²) in [5, 5.41) is 8.35. The van der Waals surface area contributed by atoms with Crippen molar-refractivity contribution in [3.63, 3.8) is 0 Å². The molecule has 1 fully saturated rings. The molecule has 1 aliphatic carbocycles. The Bertz CT molecular complexity index is 593. The molecular weight excluding hydrogens is 294 g/mol. The molecule has 0 heterocycles. The minimum atomic E-state index is -0.283. The van der Waals surface area contributed by atoms with Gasteiger partial charge in [-0.05, 0) is 44.7 Å². The number of carbonyl (C=O) groups is 3. The minimum absolute atomic E-state index is 0.0402. The smallest absolute Gasteiger partial charge is 0.319 e. The Balaban J connectivity index is 1.83. The number of nitrogens with one attached hydrogen (secondary N) is 3. The lowest BCUT2D eigenvalue weighted by Crippen LogP contribution is -2.42. The maximum Gasteiger partial charge on any atom is 0.319 e. The van der Waals surface area contributed by atoms with Gasteiger partial charge in [0.1, 0.15) is 0 Å². The second kappa shape index (κ2) is 7.76. The van der Waals surface area contributed by atoms with Crippen LogP contribution in [-0.4, -0.2) is 30.8 Å². The van der Waals surface area contributed by atoms with E-state index in [0.717, 1.165) is 25.7 Å². The number of ketones is 1. The lowest BCUT2D eigenvalue weighted by atomic mass is 9.85. The van der Waals surface area contributed by atoms with E-state index in [2.05, 4.69) is 16.0 Å². The van der Waals surface area contributed by atoms with Gasteiger partial charge in [-0.25, -0.2) is 4.79 Å². The Morgan fingerprint density at radius 1 is 1.09 bits per heavy atom. The Labute approximate surface area is 136 Å². The number of hydrogen-bond donors (Lipinski definition) is 3. The predicted molar refractivity (Wildman–Crippen MR) is 88.4 cm³/mol. The Morgan fingerprint density at radius 2 is 1.78 bits per heavy atom. The highest BCUT2D eigenvalue weighted by atomic mass is 16.2. The number of carbonyl (C=O) groups excluding carboxylic acids is 3. The SMILES string of the molecule is CNC(=O)C1CCC(NC(=O)Nc2cccc(C(C)=O)c2)CC1. The number of amides is 3. The molecule has 6 nitrogen and oxygen atoms in total. The minimum Gasteiger partial charge on any atom is -0.359 e. The van der Waals surface area contributed by atoms with Gasteiger partial charge in [0.15, 0.2) is 5.78 Å². The van der Waals surface area contributed by atoms with Crippen molar-refractivity contribution in [1.82, 2.24) is 10.6 Å². The van der Waals surface area contributed by atoms with E-state index in [1.807, 2.05) is 0 Å². The van der Waals surface area contributed by atoms with E-state index in [1.165, 1.54) is 6.92 Å². The van der Waals surface area contributed by atoms with Gasteiger partial charge in [-0.2, -0.15) is 0 Å². The van der Waals surface area contributed by atoms with E-state index in [9.17, 15) is 14.4 Å². The zero-order chi connectivity index (χ0) is 16.8. The Kier molecular flexibility index (Phi) is 5.73. The van der Waals surface area contributed by atoms with Crippen LogP contribution in [0.25, 0.3) is 0 Å². The highest BCUT2D eigenvalue weighted by Crippen LogP contribution is 2.24. The molecule has 0 unspecified atom stereocenters. The van der Waals surface area contributed by atoms with Crippen molar-refractivity contribution in [3.8, 4) is 0 Å². The van der Waals surface area contributed by atoms with E-state index in [0.29, 0.717) is 11.3 Å². The van der Waals surface area contributed by atoms with Crippen LogP contribution < -0.4 is 16.0 Å². The largest absolute Gasteiger partial charge is 0.359 e. The zero-order valence-corrected chi connectivity index (χ0v) is 13.5. The van der Waals surface area contributed by atoms with Crippen LogP contribution in [0.5, 0.6) is 0 Å². The zero-order valence-electron chi connectivity index (χ0n) is 13.5. The summed E-state index contributed by atoms with van der Waals surface area (Å²) in [5.74, 6) is 0.0869. The summed E-state index contributed by atoms with van der Waals surface area (Å²) in [5.41, 5.74) is 1.16. The van der Waals surface area contributed by atoms with Gasteiger partial charge in [0, 0.05) is 30.3 Å². The summed E-state index contributed by atoms with van der Waals surface area (Å²) in [4.78, 5) is 35.0. The average molecular weight is 317 g/mol. The third-order valence-electron chi connectivity index (χ3n) is 4.21. The summed E-state index contributed by atoms with van der Waals surface area (Å²) in [6.07, 6.45) is 3.15. The van der Waals surface area contributed by atoms with Crippen molar-refractivity contribution in [2.75, 3.05) is 12.4 Å². The first-order chi connectivity index (χ1) is 11.0. The number of urea groups is 1. The number of benzene rings is 1. The van der Waals surface area contributed by atoms with Gasteiger partial charge in [-0.15, -0.1) is 0 Å². The quantitative estimate of drug-likeness (QED) is 0.745. The third kappa shape index (κ3) is 4.81. The van der Waals surface area contributed by atoms with Crippen molar-refractivity contribution in [1.29, 1.82) is 0 Å². The van der Waals surface area contributed by atoms with Crippen LogP contribution in [0.3, 0.4) is 0 Å². The van der Waals surface area contributed by atoms with Crippen LogP contribution >= 0.6 is 0 Å². The van der Waals surface area contributed by atoms with Crippen molar-refractivity contribution < 1.29 is 14.4 Å². The van der Waals surface area contributed by atoms with Crippen molar-refractivity contribution in [2.24, 2.45) is 5.92 Å². The van der Waals surface area contributed by atoms with Crippen LogP contribution in [0, 0.1) is 5.92 Å². The van der Waals surface area contributed by atoms with Crippen LogP contribution in [0.1, 0.15) is 43.0 Å². The van der Waals surface area contributed by atoms with Gasteiger partial charge in [-0.1, -0.05) is 12.1 Å². The van der Waals surface area contributed by atoms with Crippen LogP contribution in [0.4, 0.5) is 10.5 Å². The molecule has 0 atom stereocenters. The number of anilines is 1. The van der Waals surface area contributed by atoms with Gasteiger partial charge in [-0.3, -0.25) is 9.59 Å². The maximum absolute atomic E-state index is 12.0. The molecule has 0 aromatic heterocycles. The molecule has 1 aliphatic rings. The summed E-state index contributed by atoms with van der Waals surface area (Å²) < 4.78 is 0. The number of Topliss-reactive ketones (excluding diaryl/α,β-unsaturated/α-hetero) is 1. The fraction of sp³-hybridized carbons (Fsp3) is 0.471. The third-order valence-corrected chi connectivity index (χ3v) is 4.21. The molecule has 3 N–H and O–H groups in total. The van der Waals surface area contributed by atoms with E-state index < -0.39 is 0 Å². The van der Waals surface area contributed by atoms with E-state index >= 15 is 0 Å². The van der Waals surface area contributed by atoms with E-state index in [4.69, 9.17) is 0 Å². The number of rotatable bonds is 4. The van der Waals surface area contributed by atoms with Gasteiger partial charge in [0.05, 0.1) is 0 Å². The van der Waals surface area contributed by atoms with Gasteiger partial charge in [0.2, 0.25) is 5.91 Å². The second-order valence-electron chi connectivity index (χ2n) is 5.90. The predicted octanol–water partition coefficient (Wildman–Crippen LogP) is 2.32. The lowest BCUT2D eigenvalue weighted by molar-refractivity contribution is -0.125. The van der Waals surface area contributed by atoms with Crippen LogP contribution in [0.15, 0.2) is 24.3 Å². The standard InChI is InChI=1S/C17H23N3O3/c1-11(21)13-4-3-5-15(10-13)20-17(23)19-14-8-6-12(7-9-14)16(22)18-2/h3-5,10,12,14H,6-9H2,1-2H3,(H,18,22)(H2,19,20,23). The van der Waals surface area contributed by atoms with Crippen molar-refractivity contribution in [3.05, 3.63) is 29.8 Å². The molecule has 0 aliphatic heterocycles. The molecule has 1 saturated carbocycles. The lowest BCUT2D eigenvalue weighted by Gasteiger charge is -2.28. The first-order valence-corrected chi connectivity index (χ1v) is 7.89. The molecule has 0 radical (unpaired) electrons. The molecule has 2 rings (SSSR count). The molecule has 1 aromatic carbocycles. The first-order valence-electron chi connectivity index (χ1n) is 7.89. The topological polar surface area (TPSA) is 87.3 Å².